The van der Waals surface area contributed by atoms with Crippen LogP contribution in [0.15, 0.2) is 42.5 Å². The van der Waals surface area contributed by atoms with Crippen molar-refractivity contribution in [2.24, 2.45) is 0 Å². The molecule has 0 radical (unpaired) electrons. The number of carbonyl (C=O) groups is 2. The Balaban J connectivity index is 1.40. The van der Waals surface area contributed by atoms with Gasteiger partial charge in [-0.2, -0.15) is 0 Å². The summed E-state index contributed by atoms with van der Waals surface area (Å²) < 4.78 is 5.94. The number of aromatic nitrogens is 1. The zero-order valence-corrected chi connectivity index (χ0v) is 18.4. The van der Waals surface area contributed by atoms with Gasteiger partial charge in [0.1, 0.15) is 6.10 Å². The first-order valence-electron chi connectivity index (χ1n) is 11.0. The number of rotatable bonds is 5. The fraction of sp³-hybridized carbons (Fsp3) is 0.458. The standard InChI is InChI=1S/C24H28ClN3O3/c25-19-7-4-6-18(14-19)15-20-8-5-9-21(26-20)22-16-28(12-13-31-22)24(30)17-27-11-3-1-2-10-23(27)29/h4-9,14,22H,1-3,10-13,15-17H2/t22-/m1/s1. The molecule has 4 rings (SSSR count). The minimum Gasteiger partial charge on any atom is -0.368 e. The number of hydrogen-bond acceptors (Lipinski definition) is 4. The molecule has 2 aromatic rings. The van der Waals surface area contributed by atoms with Crippen LogP contribution in [0.4, 0.5) is 0 Å². The highest BCUT2D eigenvalue weighted by molar-refractivity contribution is 6.30. The van der Waals surface area contributed by atoms with Gasteiger partial charge in [-0.05, 0) is 42.7 Å². The molecule has 31 heavy (non-hydrogen) atoms. The molecule has 0 bridgehead atoms. The monoisotopic (exact) mass is 441 g/mol. The fourth-order valence-corrected chi connectivity index (χ4v) is 4.37. The van der Waals surface area contributed by atoms with Crippen molar-refractivity contribution in [3.63, 3.8) is 0 Å². The predicted molar refractivity (Wildman–Crippen MR) is 119 cm³/mol. The van der Waals surface area contributed by atoms with E-state index in [0.29, 0.717) is 44.1 Å². The molecule has 3 heterocycles. The smallest absolute Gasteiger partial charge is 0.242 e. The molecule has 2 amide bonds. The Bertz CT molecular complexity index is 936. The lowest BCUT2D eigenvalue weighted by Gasteiger charge is -2.34. The van der Waals surface area contributed by atoms with E-state index in [4.69, 9.17) is 21.3 Å². The predicted octanol–water partition coefficient (Wildman–Crippen LogP) is 3.63. The van der Waals surface area contributed by atoms with Gasteiger partial charge in [-0.1, -0.05) is 36.2 Å². The van der Waals surface area contributed by atoms with Crippen molar-refractivity contribution in [1.82, 2.24) is 14.8 Å². The average molecular weight is 442 g/mol. The summed E-state index contributed by atoms with van der Waals surface area (Å²) in [5.74, 6) is 0.0738. The highest BCUT2D eigenvalue weighted by atomic mass is 35.5. The zero-order chi connectivity index (χ0) is 21.6. The van der Waals surface area contributed by atoms with Gasteiger partial charge in [0.25, 0.3) is 0 Å². The van der Waals surface area contributed by atoms with Crippen molar-refractivity contribution >= 4 is 23.4 Å². The van der Waals surface area contributed by atoms with Crippen LogP contribution in [-0.4, -0.2) is 59.4 Å². The third kappa shape index (κ3) is 5.83. The number of nitrogens with zero attached hydrogens (tertiary/aromatic N) is 3. The summed E-state index contributed by atoms with van der Waals surface area (Å²) >= 11 is 6.10. The van der Waals surface area contributed by atoms with Crippen LogP contribution in [0.25, 0.3) is 0 Å². The summed E-state index contributed by atoms with van der Waals surface area (Å²) in [4.78, 5) is 33.4. The molecule has 2 aliphatic rings. The van der Waals surface area contributed by atoms with Crippen LogP contribution in [0, 0.1) is 0 Å². The number of carbonyl (C=O) groups excluding carboxylic acids is 2. The van der Waals surface area contributed by atoms with Crippen LogP contribution in [0.5, 0.6) is 0 Å². The fourth-order valence-electron chi connectivity index (χ4n) is 4.16. The van der Waals surface area contributed by atoms with Crippen LogP contribution in [0.1, 0.15) is 48.7 Å². The molecule has 1 atom stereocenters. The summed E-state index contributed by atoms with van der Waals surface area (Å²) in [6.45, 7) is 2.29. The zero-order valence-electron chi connectivity index (χ0n) is 17.6. The number of halogens is 1. The molecule has 6 nitrogen and oxygen atoms in total. The van der Waals surface area contributed by atoms with Crippen LogP contribution >= 0.6 is 11.6 Å². The first-order valence-corrected chi connectivity index (χ1v) is 11.3. The molecule has 2 fully saturated rings. The van der Waals surface area contributed by atoms with E-state index in [1.807, 2.05) is 42.5 Å². The Labute approximate surface area is 188 Å². The van der Waals surface area contributed by atoms with E-state index in [1.165, 1.54) is 0 Å². The van der Waals surface area contributed by atoms with Gasteiger partial charge in [0.15, 0.2) is 0 Å². The Hall–Kier alpha value is -2.44. The Morgan fingerprint density at radius 1 is 1.13 bits per heavy atom. The third-order valence-corrected chi connectivity index (χ3v) is 6.08. The molecule has 1 aromatic carbocycles. The average Bonchev–Trinajstić information content (AvgIpc) is 2.98. The largest absolute Gasteiger partial charge is 0.368 e. The first kappa shape index (κ1) is 21.8. The van der Waals surface area contributed by atoms with Crippen LogP contribution in [0.2, 0.25) is 5.02 Å². The minimum absolute atomic E-state index is 0.0152. The van der Waals surface area contributed by atoms with Crippen molar-refractivity contribution in [3.05, 3.63) is 64.4 Å². The summed E-state index contributed by atoms with van der Waals surface area (Å²) in [6.07, 6.45) is 3.89. The molecule has 2 saturated heterocycles. The van der Waals surface area contributed by atoms with Gasteiger partial charge in [-0.25, -0.2) is 0 Å². The van der Waals surface area contributed by atoms with E-state index in [2.05, 4.69) is 0 Å². The van der Waals surface area contributed by atoms with Crippen molar-refractivity contribution in [1.29, 1.82) is 0 Å². The summed E-state index contributed by atoms with van der Waals surface area (Å²) in [7, 11) is 0. The van der Waals surface area contributed by atoms with Gasteiger partial charge in [0.05, 0.1) is 25.4 Å². The molecular formula is C24H28ClN3O3. The first-order chi connectivity index (χ1) is 15.1. The molecule has 1 aromatic heterocycles. The Kier molecular flexibility index (Phi) is 7.20. The minimum atomic E-state index is -0.267. The molecule has 0 N–H and O–H groups in total. The molecule has 164 valence electrons. The summed E-state index contributed by atoms with van der Waals surface area (Å²) in [5.41, 5.74) is 2.85. The van der Waals surface area contributed by atoms with E-state index < -0.39 is 0 Å². The molecule has 7 heteroatoms. The SMILES string of the molecule is O=C1CCCCCN1CC(=O)N1CCO[C@@H](c2cccc(Cc3cccc(Cl)c3)n2)C1. The molecule has 0 saturated carbocycles. The summed E-state index contributed by atoms with van der Waals surface area (Å²) in [5, 5.41) is 0.710. The number of hydrogen-bond donors (Lipinski definition) is 0. The van der Waals surface area contributed by atoms with E-state index >= 15 is 0 Å². The molecule has 2 aliphatic heterocycles. The summed E-state index contributed by atoms with van der Waals surface area (Å²) in [6, 6.07) is 13.7. The van der Waals surface area contributed by atoms with E-state index in [-0.39, 0.29) is 24.5 Å². The van der Waals surface area contributed by atoms with Crippen LogP contribution in [-0.2, 0) is 20.7 Å². The van der Waals surface area contributed by atoms with Crippen molar-refractivity contribution < 1.29 is 14.3 Å². The number of benzene rings is 1. The highest BCUT2D eigenvalue weighted by Crippen LogP contribution is 2.22. The Morgan fingerprint density at radius 2 is 2.00 bits per heavy atom. The molecular weight excluding hydrogens is 414 g/mol. The lowest BCUT2D eigenvalue weighted by atomic mass is 10.1. The number of pyridine rings is 1. The topological polar surface area (TPSA) is 62.7 Å². The van der Waals surface area contributed by atoms with Crippen LogP contribution < -0.4 is 0 Å². The maximum absolute atomic E-state index is 12.9. The molecule has 0 spiro atoms. The molecule has 0 unspecified atom stereocenters. The quantitative estimate of drug-likeness (QED) is 0.710. The van der Waals surface area contributed by atoms with Crippen LogP contribution in [0.3, 0.4) is 0 Å². The number of ether oxygens (including phenoxy) is 1. The highest BCUT2D eigenvalue weighted by Gasteiger charge is 2.28. The lowest BCUT2D eigenvalue weighted by molar-refractivity contribution is -0.145. The maximum atomic E-state index is 12.9. The molecule has 0 aliphatic carbocycles. The normalized spacial score (nSPS) is 19.9. The van der Waals surface area contributed by atoms with Crippen molar-refractivity contribution in [2.75, 3.05) is 32.8 Å². The van der Waals surface area contributed by atoms with Gasteiger partial charge in [-0.15, -0.1) is 0 Å². The van der Waals surface area contributed by atoms with Crippen molar-refractivity contribution in [3.8, 4) is 0 Å². The Morgan fingerprint density at radius 3 is 2.87 bits per heavy atom. The van der Waals surface area contributed by atoms with E-state index in [0.717, 1.165) is 36.2 Å². The third-order valence-electron chi connectivity index (χ3n) is 5.85. The maximum Gasteiger partial charge on any atom is 0.242 e. The lowest BCUT2D eigenvalue weighted by Crippen LogP contribution is -2.47. The number of amides is 2. The number of likely N-dealkylation sites (tertiary alicyclic amines) is 1. The van der Waals surface area contributed by atoms with Gasteiger partial charge in [-0.3, -0.25) is 14.6 Å². The van der Waals surface area contributed by atoms with E-state index in [9.17, 15) is 9.59 Å². The van der Waals surface area contributed by atoms with Crippen molar-refractivity contribution in [2.45, 2.75) is 38.2 Å². The second kappa shape index (κ2) is 10.2. The van der Waals surface area contributed by atoms with E-state index in [1.54, 1.807) is 9.80 Å². The van der Waals surface area contributed by atoms with Gasteiger partial charge in [0.2, 0.25) is 11.8 Å². The second-order valence-corrected chi connectivity index (χ2v) is 8.62. The van der Waals surface area contributed by atoms with Gasteiger partial charge < -0.3 is 14.5 Å². The van der Waals surface area contributed by atoms with Gasteiger partial charge in [0, 0.05) is 36.6 Å². The van der Waals surface area contributed by atoms with Gasteiger partial charge >= 0.3 is 0 Å². The number of morpholine rings is 1. The second-order valence-electron chi connectivity index (χ2n) is 8.19.